The van der Waals surface area contributed by atoms with E-state index >= 15 is 0 Å². The van der Waals surface area contributed by atoms with E-state index in [-0.39, 0.29) is 12.5 Å². The molecule has 0 bridgehead atoms. The van der Waals surface area contributed by atoms with Crippen LogP contribution in [0.5, 0.6) is 0 Å². The Labute approximate surface area is 102 Å². The van der Waals surface area contributed by atoms with E-state index in [4.69, 9.17) is 5.11 Å². The maximum Gasteiger partial charge on any atom is 0.243 e. The largest absolute Gasteiger partial charge is 0.396 e. The fourth-order valence-electron chi connectivity index (χ4n) is 2.07. The lowest BCUT2D eigenvalue weighted by Gasteiger charge is -2.30. The molecule has 0 saturated carbocycles. The Morgan fingerprint density at radius 2 is 1.76 bits per heavy atom. The van der Waals surface area contributed by atoms with Gasteiger partial charge in [-0.05, 0) is 30.9 Å². The zero-order valence-corrected chi connectivity index (χ0v) is 10.4. The summed E-state index contributed by atoms with van der Waals surface area (Å²) in [5, 5.41) is 9.03. The lowest BCUT2D eigenvalue weighted by molar-refractivity contribution is 0.170. The average molecular weight is 255 g/mol. The maximum atomic E-state index is 12.2. The molecule has 1 aromatic rings. The Bertz CT molecular complexity index is 450. The number of aliphatic hydroxyl groups excluding tert-OH is 1. The Morgan fingerprint density at radius 1 is 1.18 bits per heavy atom. The molecule has 0 atom stereocenters. The molecule has 0 aliphatic carbocycles. The van der Waals surface area contributed by atoms with Crippen LogP contribution in [0.3, 0.4) is 0 Å². The molecule has 1 N–H and O–H groups in total. The van der Waals surface area contributed by atoms with Crippen molar-refractivity contribution in [2.45, 2.75) is 17.7 Å². The standard InChI is InChI=1S/C12H17NO3S/c14-10-11-6-8-13(9-7-11)17(15,16)12-4-2-1-3-5-12/h1-5,11,14H,6-10H2. The molecule has 4 nitrogen and oxygen atoms in total. The van der Waals surface area contributed by atoms with Crippen LogP contribution in [0.2, 0.25) is 0 Å². The van der Waals surface area contributed by atoms with Crippen LogP contribution in [0, 0.1) is 5.92 Å². The number of rotatable bonds is 3. The van der Waals surface area contributed by atoms with Gasteiger partial charge in [-0.15, -0.1) is 0 Å². The SMILES string of the molecule is O=S(=O)(c1ccccc1)N1CCC(CO)CC1. The summed E-state index contributed by atoms with van der Waals surface area (Å²) in [6, 6.07) is 8.50. The van der Waals surface area contributed by atoms with Crippen molar-refractivity contribution in [2.24, 2.45) is 5.92 Å². The van der Waals surface area contributed by atoms with Gasteiger partial charge in [-0.1, -0.05) is 18.2 Å². The Hall–Kier alpha value is -0.910. The van der Waals surface area contributed by atoms with Crippen molar-refractivity contribution in [2.75, 3.05) is 19.7 Å². The molecule has 0 unspecified atom stereocenters. The van der Waals surface area contributed by atoms with Crippen molar-refractivity contribution in [1.29, 1.82) is 0 Å². The van der Waals surface area contributed by atoms with E-state index in [0.717, 1.165) is 12.8 Å². The molecule has 1 aromatic carbocycles. The van der Waals surface area contributed by atoms with Gasteiger partial charge in [0.05, 0.1) is 4.90 Å². The summed E-state index contributed by atoms with van der Waals surface area (Å²) in [5.41, 5.74) is 0. The van der Waals surface area contributed by atoms with E-state index in [1.165, 1.54) is 4.31 Å². The van der Waals surface area contributed by atoms with Crippen molar-refractivity contribution in [3.05, 3.63) is 30.3 Å². The topological polar surface area (TPSA) is 57.6 Å². The minimum absolute atomic E-state index is 0.152. The van der Waals surface area contributed by atoms with Gasteiger partial charge in [-0.3, -0.25) is 0 Å². The van der Waals surface area contributed by atoms with Crippen LogP contribution in [-0.4, -0.2) is 37.5 Å². The third kappa shape index (κ3) is 2.68. The first-order valence-corrected chi connectivity index (χ1v) is 7.24. The number of piperidine rings is 1. The van der Waals surface area contributed by atoms with Crippen molar-refractivity contribution in [3.63, 3.8) is 0 Å². The van der Waals surface area contributed by atoms with Crippen LogP contribution in [0.4, 0.5) is 0 Å². The minimum atomic E-state index is -3.34. The molecule has 0 spiro atoms. The normalized spacial score (nSPS) is 19.4. The smallest absolute Gasteiger partial charge is 0.243 e. The van der Waals surface area contributed by atoms with E-state index in [1.807, 2.05) is 0 Å². The molecule has 1 fully saturated rings. The van der Waals surface area contributed by atoms with Crippen molar-refractivity contribution < 1.29 is 13.5 Å². The molecular weight excluding hydrogens is 238 g/mol. The molecule has 17 heavy (non-hydrogen) atoms. The highest BCUT2D eigenvalue weighted by molar-refractivity contribution is 7.89. The number of hydrogen-bond donors (Lipinski definition) is 1. The van der Waals surface area contributed by atoms with Gasteiger partial charge in [0.1, 0.15) is 0 Å². The molecule has 0 aromatic heterocycles. The molecule has 0 radical (unpaired) electrons. The first-order valence-electron chi connectivity index (χ1n) is 5.80. The zero-order valence-electron chi connectivity index (χ0n) is 9.62. The van der Waals surface area contributed by atoms with Crippen LogP contribution < -0.4 is 0 Å². The van der Waals surface area contributed by atoms with E-state index in [9.17, 15) is 8.42 Å². The van der Waals surface area contributed by atoms with E-state index in [1.54, 1.807) is 30.3 Å². The molecule has 2 rings (SSSR count). The second-order valence-electron chi connectivity index (χ2n) is 4.34. The fraction of sp³-hybridized carbons (Fsp3) is 0.500. The Morgan fingerprint density at radius 3 is 2.29 bits per heavy atom. The van der Waals surface area contributed by atoms with Gasteiger partial charge in [0.2, 0.25) is 10.0 Å². The number of benzene rings is 1. The molecule has 1 saturated heterocycles. The Kier molecular flexibility index (Phi) is 3.81. The van der Waals surface area contributed by atoms with Gasteiger partial charge in [0.25, 0.3) is 0 Å². The van der Waals surface area contributed by atoms with Gasteiger partial charge >= 0.3 is 0 Å². The third-order valence-corrected chi connectivity index (χ3v) is 5.13. The lowest BCUT2D eigenvalue weighted by Crippen LogP contribution is -2.39. The first kappa shape index (κ1) is 12.5. The third-order valence-electron chi connectivity index (χ3n) is 3.21. The second-order valence-corrected chi connectivity index (χ2v) is 6.28. The number of aliphatic hydroxyl groups is 1. The predicted molar refractivity (Wildman–Crippen MR) is 65.0 cm³/mol. The van der Waals surface area contributed by atoms with Crippen molar-refractivity contribution in [1.82, 2.24) is 4.31 Å². The number of nitrogens with zero attached hydrogens (tertiary/aromatic N) is 1. The summed E-state index contributed by atoms with van der Waals surface area (Å²) in [6.45, 7) is 1.16. The quantitative estimate of drug-likeness (QED) is 0.879. The predicted octanol–water partition coefficient (Wildman–Crippen LogP) is 1.08. The van der Waals surface area contributed by atoms with E-state index in [2.05, 4.69) is 0 Å². The number of hydrogen-bond acceptors (Lipinski definition) is 3. The highest BCUT2D eigenvalue weighted by Crippen LogP contribution is 2.23. The van der Waals surface area contributed by atoms with Gasteiger partial charge in [-0.25, -0.2) is 8.42 Å². The van der Waals surface area contributed by atoms with Crippen LogP contribution in [0.15, 0.2) is 35.2 Å². The first-order chi connectivity index (χ1) is 8.14. The maximum absolute atomic E-state index is 12.2. The molecule has 94 valence electrons. The summed E-state index contributed by atoms with van der Waals surface area (Å²) >= 11 is 0. The van der Waals surface area contributed by atoms with Crippen LogP contribution in [0.1, 0.15) is 12.8 Å². The number of sulfonamides is 1. The second kappa shape index (κ2) is 5.16. The monoisotopic (exact) mass is 255 g/mol. The van der Waals surface area contributed by atoms with Crippen LogP contribution in [-0.2, 0) is 10.0 Å². The summed E-state index contributed by atoms with van der Waals surface area (Å²) < 4.78 is 26.0. The Balaban J connectivity index is 2.13. The van der Waals surface area contributed by atoms with Gasteiger partial charge < -0.3 is 5.11 Å². The van der Waals surface area contributed by atoms with Gasteiger partial charge in [0, 0.05) is 19.7 Å². The van der Waals surface area contributed by atoms with E-state index < -0.39 is 10.0 Å². The van der Waals surface area contributed by atoms with Crippen molar-refractivity contribution in [3.8, 4) is 0 Å². The molecule has 1 aliphatic heterocycles. The average Bonchev–Trinajstić information content (AvgIpc) is 2.40. The van der Waals surface area contributed by atoms with Crippen LogP contribution >= 0.6 is 0 Å². The minimum Gasteiger partial charge on any atom is -0.396 e. The molecule has 0 amide bonds. The van der Waals surface area contributed by atoms with Crippen molar-refractivity contribution >= 4 is 10.0 Å². The highest BCUT2D eigenvalue weighted by atomic mass is 32.2. The molecule has 1 aliphatic rings. The van der Waals surface area contributed by atoms with Gasteiger partial charge in [0.15, 0.2) is 0 Å². The molecular formula is C12H17NO3S. The lowest BCUT2D eigenvalue weighted by atomic mass is 10.00. The molecule has 5 heteroatoms. The fourth-order valence-corrected chi connectivity index (χ4v) is 3.56. The summed E-state index contributed by atoms with van der Waals surface area (Å²) in [5.74, 6) is 0.247. The van der Waals surface area contributed by atoms with Crippen LogP contribution in [0.25, 0.3) is 0 Å². The zero-order chi connectivity index (χ0) is 12.3. The summed E-state index contributed by atoms with van der Waals surface area (Å²) in [4.78, 5) is 0.349. The highest BCUT2D eigenvalue weighted by Gasteiger charge is 2.28. The summed E-state index contributed by atoms with van der Waals surface area (Å²) in [7, 11) is -3.34. The van der Waals surface area contributed by atoms with E-state index in [0.29, 0.717) is 18.0 Å². The summed E-state index contributed by atoms with van der Waals surface area (Å²) in [6.07, 6.45) is 1.48. The molecule has 1 heterocycles. The van der Waals surface area contributed by atoms with Gasteiger partial charge in [-0.2, -0.15) is 4.31 Å².